The van der Waals surface area contributed by atoms with Gasteiger partial charge >= 0.3 is 4.87 Å². The number of likely N-dealkylation sites (tertiary alicyclic amines) is 1. The van der Waals surface area contributed by atoms with E-state index in [1.807, 2.05) is 12.1 Å². The highest BCUT2D eigenvalue weighted by molar-refractivity contribution is 7.09. The highest BCUT2D eigenvalue weighted by atomic mass is 32.1. The van der Waals surface area contributed by atoms with Gasteiger partial charge in [0.05, 0.1) is 5.69 Å². The summed E-state index contributed by atoms with van der Waals surface area (Å²) in [5, 5.41) is 0. The predicted octanol–water partition coefficient (Wildman–Crippen LogP) is 3.26. The van der Waals surface area contributed by atoms with Gasteiger partial charge in [-0.3, -0.25) is 14.7 Å². The van der Waals surface area contributed by atoms with Crippen LogP contribution in [0, 0.1) is 0 Å². The molecule has 3 heterocycles. The van der Waals surface area contributed by atoms with E-state index in [-0.39, 0.29) is 4.87 Å². The lowest BCUT2D eigenvalue weighted by molar-refractivity contribution is 0.0965. The van der Waals surface area contributed by atoms with Crippen LogP contribution in [0.15, 0.2) is 29.3 Å². The quantitative estimate of drug-likeness (QED) is 0.947. The van der Waals surface area contributed by atoms with Crippen molar-refractivity contribution in [3.8, 4) is 11.3 Å². The Kier molecular flexibility index (Phi) is 4.22. The summed E-state index contributed by atoms with van der Waals surface area (Å²) >= 11 is 1.33. The van der Waals surface area contributed by atoms with Crippen molar-refractivity contribution in [3.63, 3.8) is 0 Å². The Morgan fingerprint density at radius 1 is 1.29 bits per heavy atom. The molecule has 4 nitrogen and oxygen atoms in total. The Bertz CT molecular complexity index is 639. The molecular formula is C16H21N3OS. The minimum Gasteiger partial charge on any atom is -0.312 e. The molecule has 0 radical (unpaired) electrons. The SMILES string of the molecule is CC1CCCC(C)N1Cc1sc(=O)[nH]c1-c1ccncc1. The predicted molar refractivity (Wildman–Crippen MR) is 86.5 cm³/mol. The number of hydrogen-bond acceptors (Lipinski definition) is 4. The van der Waals surface area contributed by atoms with Crippen LogP contribution in [0.5, 0.6) is 0 Å². The van der Waals surface area contributed by atoms with Gasteiger partial charge in [-0.05, 0) is 38.8 Å². The molecule has 112 valence electrons. The molecule has 1 saturated heterocycles. The number of hydrogen-bond donors (Lipinski definition) is 1. The van der Waals surface area contributed by atoms with Gasteiger partial charge in [-0.1, -0.05) is 17.8 Å². The second kappa shape index (κ2) is 6.12. The Morgan fingerprint density at radius 2 is 1.95 bits per heavy atom. The minimum absolute atomic E-state index is 0.0223. The number of aromatic amines is 1. The molecule has 21 heavy (non-hydrogen) atoms. The largest absolute Gasteiger partial charge is 0.312 e. The molecule has 1 fully saturated rings. The van der Waals surface area contributed by atoms with Crippen LogP contribution in [-0.2, 0) is 6.54 Å². The van der Waals surface area contributed by atoms with E-state index in [1.54, 1.807) is 12.4 Å². The molecule has 3 rings (SSSR count). The first-order chi connectivity index (χ1) is 10.1. The lowest BCUT2D eigenvalue weighted by Gasteiger charge is -2.38. The van der Waals surface area contributed by atoms with Crippen LogP contribution in [0.1, 0.15) is 38.0 Å². The zero-order chi connectivity index (χ0) is 14.8. The average Bonchev–Trinajstić information content (AvgIpc) is 2.85. The fourth-order valence-electron chi connectivity index (χ4n) is 3.18. The number of aromatic nitrogens is 2. The van der Waals surface area contributed by atoms with Gasteiger partial charge in [0.25, 0.3) is 0 Å². The third-order valence-electron chi connectivity index (χ3n) is 4.39. The summed E-state index contributed by atoms with van der Waals surface area (Å²) < 4.78 is 0. The molecule has 2 aromatic rings. The van der Waals surface area contributed by atoms with Crippen molar-refractivity contribution >= 4 is 11.3 Å². The van der Waals surface area contributed by atoms with E-state index in [9.17, 15) is 4.79 Å². The van der Waals surface area contributed by atoms with E-state index in [4.69, 9.17) is 0 Å². The lowest BCUT2D eigenvalue weighted by Crippen LogP contribution is -2.42. The van der Waals surface area contributed by atoms with Crippen LogP contribution >= 0.6 is 11.3 Å². The first-order valence-corrected chi connectivity index (χ1v) is 8.35. The van der Waals surface area contributed by atoms with Crippen LogP contribution in [0.4, 0.5) is 0 Å². The molecule has 0 spiro atoms. The van der Waals surface area contributed by atoms with E-state index >= 15 is 0 Å². The van der Waals surface area contributed by atoms with Gasteiger partial charge < -0.3 is 4.98 Å². The molecule has 1 aliphatic rings. The van der Waals surface area contributed by atoms with Crippen LogP contribution in [0.2, 0.25) is 0 Å². The molecule has 0 amide bonds. The van der Waals surface area contributed by atoms with E-state index in [1.165, 1.54) is 30.6 Å². The second-order valence-electron chi connectivity index (χ2n) is 5.85. The number of nitrogens with one attached hydrogen (secondary N) is 1. The smallest absolute Gasteiger partial charge is 0.305 e. The van der Waals surface area contributed by atoms with Crippen molar-refractivity contribution in [1.82, 2.24) is 14.9 Å². The second-order valence-corrected chi connectivity index (χ2v) is 6.92. The maximum atomic E-state index is 11.8. The molecule has 2 unspecified atom stereocenters. The van der Waals surface area contributed by atoms with Crippen molar-refractivity contribution in [2.24, 2.45) is 0 Å². The molecule has 1 aliphatic heterocycles. The maximum Gasteiger partial charge on any atom is 0.305 e. The van der Waals surface area contributed by atoms with Crippen molar-refractivity contribution in [1.29, 1.82) is 0 Å². The minimum atomic E-state index is 0.0223. The fourth-order valence-corrected chi connectivity index (χ4v) is 4.04. The van der Waals surface area contributed by atoms with Crippen molar-refractivity contribution in [2.45, 2.75) is 51.7 Å². The molecule has 0 aliphatic carbocycles. The maximum absolute atomic E-state index is 11.8. The monoisotopic (exact) mass is 303 g/mol. The van der Waals surface area contributed by atoms with E-state index < -0.39 is 0 Å². The van der Waals surface area contributed by atoms with Crippen LogP contribution in [0.3, 0.4) is 0 Å². The first-order valence-electron chi connectivity index (χ1n) is 7.53. The van der Waals surface area contributed by atoms with E-state index in [2.05, 4.69) is 28.7 Å². The van der Waals surface area contributed by atoms with Crippen LogP contribution < -0.4 is 4.87 Å². The number of piperidine rings is 1. The summed E-state index contributed by atoms with van der Waals surface area (Å²) in [6.07, 6.45) is 7.32. The topological polar surface area (TPSA) is 49.0 Å². The van der Waals surface area contributed by atoms with Gasteiger partial charge in [0, 0.05) is 41.5 Å². The summed E-state index contributed by atoms with van der Waals surface area (Å²) in [6.45, 7) is 5.43. The number of H-pyrrole nitrogens is 1. The first kappa shape index (κ1) is 14.5. The zero-order valence-corrected chi connectivity index (χ0v) is 13.3. The summed E-state index contributed by atoms with van der Waals surface area (Å²) in [4.78, 5) is 22.5. The molecule has 2 aromatic heterocycles. The Labute approximate surface area is 128 Å². The Hall–Kier alpha value is -1.46. The summed E-state index contributed by atoms with van der Waals surface area (Å²) in [7, 11) is 0. The molecule has 0 saturated carbocycles. The van der Waals surface area contributed by atoms with Crippen molar-refractivity contribution in [2.75, 3.05) is 0 Å². The van der Waals surface area contributed by atoms with Gasteiger partial charge in [0.2, 0.25) is 0 Å². The fraction of sp³-hybridized carbons (Fsp3) is 0.500. The Balaban J connectivity index is 1.91. The summed E-state index contributed by atoms with van der Waals surface area (Å²) in [5.74, 6) is 0. The van der Waals surface area contributed by atoms with Gasteiger partial charge in [-0.2, -0.15) is 0 Å². The summed E-state index contributed by atoms with van der Waals surface area (Å²) in [5.41, 5.74) is 1.99. The van der Waals surface area contributed by atoms with Gasteiger partial charge in [0.1, 0.15) is 0 Å². The molecule has 0 bridgehead atoms. The molecule has 1 N–H and O–H groups in total. The number of thiazole rings is 1. The third kappa shape index (κ3) is 3.09. The summed E-state index contributed by atoms with van der Waals surface area (Å²) in [6, 6.07) is 5.06. The average molecular weight is 303 g/mol. The zero-order valence-electron chi connectivity index (χ0n) is 12.5. The number of rotatable bonds is 3. The molecule has 2 atom stereocenters. The molecule has 5 heteroatoms. The highest BCUT2D eigenvalue weighted by Crippen LogP contribution is 2.29. The Morgan fingerprint density at radius 3 is 2.62 bits per heavy atom. The highest BCUT2D eigenvalue weighted by Gasteiger charge is 2.26. The van der Waals surface area contributed by atoms with Gasteiger partial charge in [-0.15, -0.1) is 0 Å². The van der Waals surface area contributed by atoms with Crippen molar-refractivity contribution in [3.05, 3.63) is 39.1 Å². The third-order valence-corrected chi connectivity index (χ3v) is 5.26. The number of pyridine rings is 1. The molecule has 0 aromatic carbocycles. The number of nitrogens with zero attached hydrogens (tertiary/aromatic N) is 2. The van der Waals surface area contributed by atoms with E-state index in [0.717, 1.165) is 22.7 Å². The lowest BCUT2D eigenvalue weighted by atomic mass is 9.97. The van der Waals surface area contributed by atoms with Gasteiger partial charge in [0.15, 0.2) is 0 Å². The molecular weight excluding hydrogens is 282 g/mol. The van der Waals surface area contributed by atoms with Crippen LogP contribution in [-0.4, -0.2) is 27.0 Å². The van der Waals surface area contributed by atoms with Gasteiger partial charge in [-0.25, -0.2) is 0 Å². The normalized spacial score (nSPS) is 23.3. The van der Waals surface area contributed by atoms with Crippen molar-refractivity contribution < 1.29 is 0 Å². The van der Waals surface area contributed by atoms with E-state index in [0.29, 0.717) is 12.1 Å². The standard InChI is InChI=1S/C16H21N3OS/c1-11-4-3-5-12(2)19(11)10-14-15(18-16(20)21-14)13-6-8-17-9-7-13/h6-9,11-12H,3-5,10H2,1-2H3,(H,18,20). The van der Waals surface area contributed by atoms with Crippen LogP contribution in [0.25, 0.3) is 11.3 Å².